The molecule has 2 aromatic rings. The third-order valence-corrected chi connectivity index (χ3v) is 4.06. The Labute approximate surface area is 164 Å². The van der Waals surface area contributed by atoms with E-state index in [1.807, 2.05) is 10.6 Å². The Kier molecular flexibility index (Phi) is 5.59. The number of hydrogen-bond donors (Lipinski definition) is 3. The lowest BCUT2D eigenvalue weighted by Gasteiger charge is -2.16. The molecule has 0 bridgehead atoms. The largest absolute Gasteiger partial charge is 0.493 e. The lowest BCUT2D eigenvalue weighted by atomic mass is 10.1. The number of carbonyl (C=O) groups excluding carboxylic acids is 3. The molecule has 3 rings (SSSR count). The predicted octanol–water partition coefficient (Wildman–Crippen LogP) is 1.72. The molecule has 9 heteroatoms. The number of ether oxygens (including phenoxy) is 2. The molecule has 0 atom stereocenters. The molecule has 0 aliphatic carbocycles. The molecule has 0 unspecified atom stereocenters. The van der Waals surface area contributed by atoms with Crippen molar-refractivity contribution in [2.45, 2.75) is 6.61 Å². The minimum atomic E-state index is -1.03. The van der Waals surface area contributed by atoms with Crippen LogP contribution in [-0.4, -0.2) is 36.0 Å². The fourth-order valence-corrected chi connectivity index (χ4v) is 2.62. The molecule has 1 aliphatic heterocycles. The van der Waals surface area contributed by atoms with Gasteiger partial charge in [-0.15, -0.1) is 0 Å². The number of para-hydroxylation sites is 1. The first-order valence-electron chi connectivity index (χ1n) is 8.39. The standard InChI is InChI=1S/C20H16N2O7/c1-28-15-4-2-3-13(9-14-17(23)21-20(27)22-18(14)24)16(15)29-10-11-5-7-12(8-6-11)19(25)26/h2-9H,10H2,1H3,(H,25,26)(H2,21,22,23,24,27). The van der Waals surface area contributed by atoms with Crippen LogP contribution in [0.1, 0.15) is 21.5 Å². The smallest absolute Gasteiger partial charge is 0.335 e. The number of rotatable bonds is 6. The van der Waals surface area contributed by atoms with Crippen LogP contribution in [0.3, 0.4) is 0 Å². The molecule has 9 nitrogen and oxygen atoms in total. The number of nitrogens with one attached hydrogen (secondary N) is 2. The first-order chi connectivity index (χ1) is 13.9. The molecular formula is C20H16N2O7. The topological polar surface area (TPSA) is 131 Å². The van der Waals surface area contributed by atoms with E-state index in [0.29, 0.717) is 16.9 Å². The Bertz CT molecular complexity index is 1000. The molecule has 1 fully saturated rings. The van der Waals surface area contributed by atoms with E-state index in [1.54, 1.807) is 30.3 Å². The highest BCUT2D eigenvalue weighted by Crippen LogP contribution is 2.33. The molecule has 0 aromatic heterocycles. The molecule has 3 N–H and O–H groups in total. The Morgan fingerprint density at radius 3 is 2.28 bits per heavy atom. The minimum Gasteiger partial charge on any atom is -0.493 e. The summed E-state index contributed by atoms with van der Waals surface area (Å²) in [5.41, 5.74) is 0.994. The summed E-state index contributed by atoms with van der Waals surface area (Å²) in [6, 6.07) is 10.2. The second-order valence-electron chi connectivity index (χ2n) is 5.96. The van der Waals surface area contributed by atoms with Crippen molar-refractivity contribution in [2.24, 2.45) is 0 Å². The monoisotopic (exact) mass is 396 g/mol. The van der Waals surface area contributed by atoms with Crippen molar-refractivity contribution in [1.82, 2.24) is 10.6 Å². The van der Waals surface area contributed by atoms with Gasteiger partial charge in [0, 0.05) is 5.56 Å². The van der Waals surface area contributed by atoms with E-state index in [4.69, 9.17) is 14.6 Å². The van der Waals surface area contributed by atoms with Crippen molar-refractivity contribution in [3.05, 3.63) is 64.7 Å². The predicted molar refractivity (Wildman–Crippen MR) is 100 cm³/mol. The lowest BCUT2D eigenvalue weighted by Crippen LogP contribution is -2.51. The van der Waals surface area contributed by atoms with Gasteiger partial charge in [0.2, 0.25) is 0 Å². The Balaban J connectivity index is 1.89. The SMILES string of the molecule is COc1cccc(C=C2C(=O)NC(=O)NC2=O)c1OCc1ccc(C(=O)O)cc1. The number of barbiturate groups is 1. The summed E-state index contributed by atoms with van der Waals surface area (Å²) in [7, 11) is 1.44. The van der Waals surface area contributed by atoms with Crippen molar-refractivity contribution in [3.63, 3.8) is 0 Å². The van der Waals surface area contributed by atoms with Crippen LogP contribution in [0.25, 0.3) is 6.08 Å². The van der Waals surface area contributed by atoms with Crippen LogP contribution in [-0.2, 0) is 16.2 Å². The number of hydrogen-bond acceptors (Lipinski definition) is 6. The highest BCUT2D eigenvalue weighted by atomic mass is 16.5. The molecule has 1 aliphatic rings. The zero-order valence-electron chi connectivity index (χ0n) is 15.2. The third kappa shape index (κ3) is 4.41. The van der Waals surface area contributed by atoms with E-state index >= 15 is 0 Å². The van der Waals surface area contributed by atoms with Crippen LogP contribution in [0.4, 0.5) is 4.79 Å². The van der Waals surface area contributed by atoms with Crippen LogP contribution in [0, 0.1) is 0 Å². The molecule has 29 heavy (non-hydrogen) atoms. The average Bonchev–Trinajstić information content (AvgIpc) is 2.69. The van der Waals surface area contributed by atoms with Gasteiger partial charge < -0.3 is 14.6 Å². The van der Waals surface area contributed by atoms with E-state index in [0.717, 1.165) is 0 Å². The highest BCUT2D eigenvalue weighted by molar-refractivity contribution is 6.31. The summed E-state index contributed by atoms with van der Waals surface area (Å²) < 4.78 is 11.1. The molecule has 2 aromatic carbocycles. The average molecular weight is 396 g/mol. The minimum absolute atomic E-state index is 0.0906. The van der Waals surface area contributed by atoms with Crippen LogP contribution < -0.4 is 20.1 Å². The molecule has 1 saturated heterocycles. The van der Waals surface area contributed by atoms with Crippen molar-refractivity contribution in [2.75, 3.05) is 7.11 Å². The van der Waals surface area contributed by atoms with Crippen LogP contribution in [0.2, 0.25) is 0 Å². The van der Waals surface area contributed by atoms with Crippen molar-refractivity contribution in [3.8, 4) is 11.5 Å². The first-order valence-corrected chi connectivity index (χ1v) is 8.39. The van der Waals surface area contributed by atoms with Gasteiger partial charge in [-0.1, -0.05) is 24.3 Å². The normalized spacial score (nSPS) is 13.4. The van der Waals surface area contributed by atoms with Gasteiger partial charge in [0.15, 0.2) is 11.5 Å². The summed E-state index contributed by atoms with van der Waals surface area (Å²) in [6.45, 7) is 0.0906. The molecule has 4 amide bonds. The van der Waals surface area contributed by atoms with E-state index in [-0.39, 0.29) is 23.5 Å². The molecule has 0 saturated carbocycles. The second-order valence-corrected chi connectivity index (χ2v) is 5.96. The van der Waals surface area contributed by atoms with Crippen LogP contribution in [0.5, 0.6) is 11.5 Å². The zero-order chi connectivity index (χ0) is 21.0. The van der Waals surface area contributed by atoms with Gasteiger partial charge >= 0.3 is 12.0 Å². The zero-order valence-corrected chi connectivity index (χ0v) is 15.2. The van der Waals surface area contributed by atoms with Gasteiger partial charge in [-0.2, -0.15) is 0 Å². The molecule has 0 spiro atoms. The fraction of sp³-hybridized carbons (Fsp3) is 0.100. The van der Waals surface area contributed by atoms with Gasteiger partial charge in [0.25, 0.3) is 11.8 Å². The van der Waals surface area contributed by atoms with Gasteiger partial charge in [0.05, 0.1) is 12.7 Å². The fourth-order valence-electron chi connectivity index (χ4n) is 2.62. The number of urea groups is 1. The van der Waals surface area contributed by atoms with E-state index in [1.165, 1.54) is 25.3 Å². The van der Waals surface area contributed by atoms with E-state index in [9.17, 15) is 19.2 Å². The van der Waals surface area contributed by atoms with Gasteiger partial charge in [-0.3, -0.25) is 20.2 Å². The number of aromatic carboxylic acids is 1. The summed E-state index contributed by atoms with van der Waals surface area (Å²) >= 11 is 0. The van der Waals surface area contributed by atoms with Crippen LogP contribution in [0.15, 0.2) is 48.0 Å². The van der Waals surface area contributed by atoms with Gasteiger partial charge in [-0.25, -0.2) is 9.59 Å². The van der Waals surface area contributed by atoms with E-state index < -0.39 is 23.8 Å². The van der Waals surface area contributed by atoms with Gasteiger partial charge in [0.1, 0.15) is 12.2 Å². The summed E-state index contributed by atoms with van der Waals surface area (Å²) in [6.07, 6.45) is 1.29. The number of imide groups is 2. The Morgan fingerprint density at radius 1 is 1.03 bits per heavy atom. The first kappa shape index (κ1) is 19.6. The molecule has 0 radical (unpaired) electrons. The maximum absolute atomic E-state index is 12.0. The number of methoxy groups -OCH3 is 1. The van der Waals surface area contributed by atoms with Crippen LogP contribution >= 0.6 is 0 Å². The number of benzene rings is 2. The highest BCUT2D eigenvalue weighted by Gasteiger charge is 2.28. The van der Waals surface area contributed by atoms with Crippen molar-refractivity contribution < 1.29 is 33.8 Å². The second kappa shape index (κ2) is 8.26. The number of amides is 4. The summed E-state index contributed by atoms with van der Waals surface area (Å²) in [4.78, 5) is 46.1. The third-order valence-electron chi connectivity index (χ3n) is 4.06. The van der Waals surface area contributed by atoms with Crippen molar-refractivity contribution >= 4 is 29.9 Å². The maximum atomic E-state index is 12.0. The van der Waals surface area contributed by atoms with E-state index in [2.05, 4.69) is 0 Å². The number of carboxylic acid groups (broad SMARTS) is 1. The number of carboxylic acids is 1. The number of carbonyl (C=O) groups is 4. The Hall–Kier alpha value is -4.14. The quantitative estimate of drug-likeness (QED) is 0.500. The molecule has 1 heterocycles. The summed E-state index contributed by atoms with van der Waals surface area (Å²) in [5, 5.41) is 13.0. The van der Waals surface area contributed by atoms with Crippen molar-refractivity contribution in [1.29, 1.82) is 0 Å². The molecule has 148 valence electrons. The Morgan fingerprint density at radius 2 is 1.69 bits per heavy atom. The lowest BCUT2D eigenvalue weighted by molar-refractivity contribution is -0.123. The maximum Gasteiger partial charge on any atom is 0.335 e. The molecular weight excluding hydrogens is 380 g/mol. The van der Waals surface area contributed by atoms with Gasteiger partial charge in [-0.05, 0) is 29.8 Å². The summed E-state index contributed by atoms with van der Waals surface area (Å²) in [5.74, 6) is -2.02.